The average Bonchev–Trinajstić information content (AvgIpc) is 3.03. The summed E-state index contributed by atoms with van der Waals surface area (Å²) in [4.78, 5) is 2.22. The number of halogens is 1. The number of rotatable bonds is 4. The number of hydrogen-bond donors (Lipinski definition) is 1. The third-order valence-electron chi connectivity index (χ3n) is 4.29. The molecule has 1 atom stereocenters. The van der Waals surface area contributed by atoms with Gasteiger partial charge in [0.1, 0.15) is 5.82 Å². The number of hydrogen-bond acceptors (Lipinski definition) is 1. The molecule has 1 aromatic heterocycles. The monoisotopic (exact) mass is 331 g/mol. The van der Waals surface area contributed by atoms with E-state index in [2.05, 4.69) is 40.0 Å². The van der Waals surface area contributed by atoms with E-state index in [9.17, 15) is 4.39 Å². The lowest BCUT2D eigenvalue weighted by molar-refractivity contribution is 0.286. The molecule has 0 fully saturated rings. The second kappa shape index (κ2) is 7.13. The molecule has 1 aliphatic rings. The average molecular weight is 331 g/mol. The van der Waals surface area contributed by atoms with Gasteiger partial charge in [-0.1, -0.05) is 25.5 Å². The lowest BCUT2D eigenvalue weighted by Gasteiger charge is -2.39. The molecule has 0 bridgehead atoms. The van der Waals surface area contributed by atoms with Gasteiger partial charge in [-0.15, -0.1) is 0 Å². The van der Waals surface area contributed by atoms with Crippen LogP contribution < -0.4 is 5.32 Å². The number of unbranched alkanes of at least 4 members (excludes halogenated alkanes) is 1. The molecule has 122 valence electrons. The zero-order valence-corrected chi connectivity index (χ0v) is 14.2. The molecule has 0 amide bonds. The van der Waals surface area contributed by atoms with E-state index in [-0.39, 0.29) is 11.9 Å². The van der Waals surface area contributed by atoms with Crippen LogP contribution in [0.2, 0.25) is 0 Å². The quantitative estimate of drug-likeness (QED) is 0.681. The van der Waals surface area contributed by atoms with Crippen LogP contribution in [0.4, 0.5) is 4.39 Å². The van der Waals surface area contributed by atoms with Gasteiger partial charge in [0.15, 0.2) is 5.11 Å². The highest BCUT2D eigenvalue weighted by Crippen LogP contribution is 2.32. The molecular weight excluding hydrogens is 309 g/mol. The molecule has 23 heavy (non-hydrogen) atoms. The summed E-state index contributed by atoms with van der Waals surface area (Å²) in [6.45, 7) is 4.82. The van der Waals surface area contributed by atoms with E-state index >= 15 is 0 Å². The minimum absolute atomic E-state index is 0.0287. The van der Waals surface area contributed by atoms with Crippen molar-refractivity contribution in [2.45, 2.75) is 32.4 Å². The standard InChI is InChI=1S/C18H22FN3S/c1-2-3-10-20-18(23)22-13-12-21-11-4-5-16(21)17(22)14-6-8-15(19)9-7-14/h4-9,11,17H,2-3,10,12-13H2,1H3,(H,20,23)/t17-/m0/s1. The normalized spacial score (nSPS) is 17.0. The van der Waals surface area contributed by atoms with Gasteiger partial charge >= 0.3 is 0 Å². The van der Waals surface area contributed by atoms with E-state index in [0.717, 1.165) is 43.2 Å². The first kappa shape index (κ1) is 16.0. The van der Waals surface area contributed by atoms with Crippen LogP contribution in [0.15, 0.2) is 42.6 Å². The fraction of sp³-hybridized carbons (Fsp3) is 0.389. The van der Waals surface area contributed by atoms with Crippen molar-refractivity contribution < 1.29 is 4.39 Å². The van der Waals surface area contributed by atoms with E-state index in [1.54, 1.807) is 0 Å². The minimum Gasteiger partial charge on any atom is -0.363 e. The summed E-state index contributed by atoms with van der Waals surface area (Å²) in [6, 6.07) is 10.9. The highest BCUT2D eigenvalue weighted by atomic mass is 32.1. The Morgan fingerprint density at radius 2 is 2.04 bits per heavy atom. The van der Waals surface area contributed by atoms with E-state index in [4.69, 9.17) is 12.2 Å². The number of fused-ring (bicyclic) bond motifs is 1. The number of nitrogens with zero attached hydrogens (tertiary/aromatic N) is 2. The Morgan fingerprint density at radius 3 is 2.78 bits per heavy atom. The summed E-state index contributed by atoms with van der Waals surface area (Å²) in [7, 11) is 0. The summed E-state index contributed by atoms with van der Waals surface area (Å²) in [5.74, 6) is -0.213. The zero-order chi connectivity index (χ0) is 16.2. The Hall–Kier alpha value is -1.88. The minimum atomic E-state index is -0.213. The van der Waals surface area contributed by atoms with Crippen LogP contribution in [0.3, 0.4) is 0 Å². The van der Waals surface area contributed by atoms with Crippen molar-refractivity contribution >= 4 is 17.3 Å². The van der Waals surface area contributed by atoms with Crippen molar-refractivity contribution in [1.82, 2.24) is 14.8 Å². The fourth-order valence-electron chi connectivity index (χ4n) is 3.07. The second-order valence-electron chi connectivity index (χ2n) is 5.86. The van der Waals surface area contributed by atoms with Crippen LogP contribution in [-0.2, 0) is 6.54 Å². The van der Waals surface area contributed by atoms with Gasteiger partial charge in [0.05, 0.1) is 6.04 Å². The maximum Gasteiger partial charge on any atom is 0.169 e. The summed E-state index contributed by atoms with van der Waals surface area (Å²) in [6.07, 6.45) is 4.34. The molecule has 1 aliphatic heterocycles. The largest absolute Gasteiger partial charge is 0.363 e. The van der Waals surface area contributed by atoms with Gasteiger partial charge in [0.25, 0.3) is 0 Å². The predicted octanol–water partition coefficient (Wildman–Crippen LogP) is 3.71. The van der Waals surface area contributed by atoms with Crippen LogP contribution in [-0.4, -0.2) is 27.7 Å². The smallest absolute Gasteiger partial charge is 0.169 e. The number of nitrogens with one attached hydrogen (secondary N) is 1. The van der Waals surface area contributed by atoms with E-state index < -0.39 is 0 Å². The Morgan fingerprint density at radius 1 is 1.26 bits per heavy atom. The zero-order valence-electron chi connectivity index (χ0n) is 13.3. The Balaban J connectivity index is 1.89. The van der Waals surface area contributed by atoms with Crippen LogP contribution in [0, 0.1) is 5.82 Å². The molecule has 2 heterocycles. The predicted molar refractivity (Wildman–Crippen MR) is 94.9 cm³/mol. The fourth-order valence-corrected chi connectivity index (χ4v) is 3.37. The maximum absolute atomic E-state index is 13.3. The summed E-state index contributed by atoms with van der Waals surface area (Å²) >= 11 is 5.62. The molecule has 0 unspecified atom stereocenters. The van der Waals surface area contributed by atoms with E-state index in [1.807, 2.05) is 12.1 Å². The summed E-state index contributed by atoms with van der Waals surface area (Å²) in [5, 5.41) is 4.14. The van der Waals surface area contributed by atoms with Gasteiger partial charge in [-0.2, -0.15) is 0 Å². The molecule has 5 heteroatoms. The van der Waals surface area contributed by atoms with Crippen LogP contribution in [0.1, 0.15) is 37.1 Å². The van der Waals surface area contributed by atoms with Crippen LogP contribution in [0.5, 0.6) is 0 Å². The van der Waals surface area contributed by atoms with Crippen molar-refractivity contribution in [2.24, 2.45) is 0 Å². The van der Waals surface area contributed by atoms with E-state index in [1.165, 1.54) is 17.8 Å². The molecule has 3 nitrogen and oxygen atoms in total. The van der Waals surface area contributed by atoms with Gasteiger partial charge in [-0.05, 0) is 48.5 Å². The number of aromatic nitrogens is 1. The first-order valence-electron chi connectivity index (χ1n) is 8.15. The molecule has 0 saturated carbocycles. The van der Waals surface area contributed by atoms with Crippen molar-refractivity contribution in [3.63, 3.8) is 0 Å². The van der Waals surface area contributed by atoms with Gasteiger partial charge in [-0.25, -0.2) is 4.39 Å². The third kappa shape index (κ3) is 3.39. The lowest BCUT2D eigenvalue weighted by atomic mass is 10.0. The highest BCUT2D eigenvalue weighted by Gasteiger charge is 2.30. The first-order valence-corrected chi connectivity index (χ1v) is 8.56. The summed E-state index contributed by atoms with van der Waals surface area (Å²) < 4.78 is 15.5. The molecule has 0 aliphatic carbocycles. The lowest BCUT2D eigenvalue weighted by Crippen LogP contribution is -2.47. The van der Waals surface area contributed by atoms with Gasteiger partial charge in [0.2, 0.25) is 0 Å². The second-order valence-corrected chi connectivity index (χ2v) is 6.25. The van der Waals surface area contributed by atoms with E-state index in [0.29, 0.717) is 0 Å². The molecule has 1 aromatic carbocycles. The van der Waals surface area contributed by atoms with Gasteiger partial charge < -0.3 is 14.8 Å². The van der Waals surface area contributed by atoms with Crippen LogP contribution >= 0.6 is 12.2 Å². The third-order valence-corrected chi connectivity index (χ3v) is 4.67. The Kier molecular flexibility index (Phi) is 4.96. The molecule has 3 rings (SSSR count). The van der Waals surface area contributed by atoms with Crippen molar-refractivity contribution in [2.75, 3.05) is 13.1 Å². The number of benzene rings is 1. The van der Waals surface area contributed by atoms with Gasteiger partial charge in [-0.3, -0.25) is 0 Å². The van der Waals surface area contributed by atoms with Crippen molar-refractivity contribution in [3.05, 3.63) is 59.7 Å². The Bertz CT molecular complexity index is 665. The SMILES string of the molecule is CCCCNC(=S)N1CCn2cccc2[C@@H]1c1ccc(F)cc1. The van der Waals surface area contributed by atoms with Gasteiger partial charge in [0, 0.05) is 31.5 Å². The molecule has 0 radical (unpaired) electrons. The summed E-state index contributed by atoms with van der Waals surface area (Å²) in [5.41, 5.74) is 2.26. The van der Waals surface area contributed by atoms with Crippen LogP contribution in [0.25, 0.3) is 0 Å². The van der Waals surface area contributed by atoms with Crippen molar-refractivity contribution in [3.8, 4) is 0 Å². The number of thiocarbonyl (C=S) groups is 1. The molecular formula is C18H22FN3S. The first-order chi connectivity index (χ1) is 11.2. The molecule has 0 spiro atoms. The maximum atomic E-state index is 13.3. The van der Waals surface area contributed by atoms with Crippen molar-refractivity contribution in [1.29, 1.82) is 0 Å². The Labute approximate surface area is 142 Å². The molecule has 0 saturated heterocycles. The highest BCUT2D eigenvalue weighted by molar-refractivity contribution is 7.80. The molecule has 1 N–H and O–H groups in total. The topological polar surface area (TPSA) is 20.2 Å². The molecule has 2 aromatic rings.